The highest BCUT2D eigenvalue weighted by Gasteiger charge is 2.12. The molecule has 3 aromatic rings. The van der Waals surface area contributed by atoms with Gasteiger partial charge in [0, 0.05) is 16.8 Å². The van der Waals surface area contributed by atoms with E-state index in [1.807, 2.05) is 25.1 Å². The first-order chi connectivity index (χ1) is 10.7. The molecule has 0 aliphatic carbocycles. The molecule has 0 aliphatic heterocycles. The van der Waals surface area contributed by atoms with E-state index in [0.717, 1.165) is 5.39 Å². The zero-order valence-electron chi connectivity index (χ0n) is 11.8. The summed E-state index contributed by atoms with van der Waals surface area (Å²) in [7, 11) is 0. The number of hydrogen-bond acceptors (Lipinski definition) is 6. The van der Waals surface area contributed by atoms with Crippen LogP contribution < -0.4 is 10.4 Å². The van der Waals surface area contributed by atoms with Crippen molar-refractivity contribution in [2.75, 3.05) is 6.61 Å². The monoisotopic (exact) mass is 312 g/mol. The highest BCUT2D eigenvalue weighted by Crippen LogP contribution is 2.25. The van der Waals surface area contributed by atoms with Crippen LogP contribution in [0.25, 0.3) is 22.2 Å². The summed E-state index contributed by atoms with van der Waals surface area (Å²) in [5.74, 6) is 0.663. The average Bonchev–Trinajstić information content (AvgIpc) is 2.95. The molecule has 0 bridgehead atoms. The Kier molecular flexibility index (Phi) is 3.90. The van der Waals surface area contributed by atoms with Crippen LogP contribution in [0.15, 0.2) is 38.9 Å². The predicted octanol–water partition coefficient (Wildman–Crippen LogP) is 3.38. The minimum atomic E-state index is -0.449. The van der Waals surface area contributed by atoms with Crippen LogP contribution in [0.3, 0.4) is 0 Å². The quantitative estimate of drug-likeness (QED) is 0.690. The van der Waals surface area contributed by atoms with E-state index < -0.39 is 5.63 Å². The number of hydrogen-bond donors (Lipinski definition) is 0. The molecule has 0 N–H and O–H groups in total. The fourth-order valence-electron chi connectivity index (χ4n) is 2.11. The van der Waals surface area contributed by atoms with E-state index in [1.165, 1.54) is 11.3 Å². The molecular formula is C16H12N2O3S. The predicted molar refractivity (Wildman–Crippen MR) is 84.1 cm³/mol. The molecule has 0 saturated heterocycles. The molecule has 5 nitrogen and oxygen atoms in total. The Labute approximate surface area is 130 Å². The van der Waals surface area contributed by atoms with Crippen molar-refractivity contribution in [3.05, 3.63) is 45.1 Å². The Balaban J connectivity index is 2.07. The average molecular weight is 312 g/mol. The Morgan fingerprint density at radius 2 is 2.27 bits per heavy atom. The number of benzene rings is 1. The molecule has 2 aromatic heterocycles. The molecule has 2 heterocycles. The largest absolute Gasteiger partial charge is 0.494 e. The van der Waals surface area contributed by atoms with Gasteiger partial charge in [0.1, 0.15) is 16.3 Å². The van der Waals surface area contributed by atoms with Gasteiger partial charge in [0.25, 0.3) is 0 Å². The van der Waals surface area contributed by atoms with Crippen LogP contribution in [-0.4, -0.2) is 11.6 Å². The van der Waals surface area contributed by atoms with E-state index in [1.54, 1.807) is 17.5 Å². The number of thiazole rings is 1. The fraction of sp³-hybridized carbons (Fsp3) is 0.188. The first-order valence-electron chi connectivity index (χ1n) is 6.73. The van der Waals surface area contributed by atoms with Crippen molar-refractivity contribution in [2.45, 2.75) is 13.3 Å². The lowest BCUT2D eigenvalue weighted by atomic mass is 10.1. The second kappa shape index (κ2) is 6.00. The number of fused-ring (bicyclic) bond motifs is 1. The molecule has 6 heteroatoms. The minimum Gasteiger partial charge on any atom is -0.494 e. The van der Waals surface area contributed by atoms with Crippen molar-refractivity contribution in [1.29, 1.82) is 5.26 Å². The van der Waals surface area contributed by atoms with Gasteiger partial charge in [-0.3, -0.25) is 0 Å². The summed E-state index contributed by atoms with van der Waals surface area (Å²) in [5.41, 5.74) is 0.971. The summed E-state index contributed by atoms with van der Waals surface area (Å²) in [6.07, 6.45) is 0.237. The van der Waals surface area contributed by atoms with Crippen LogP contribution in [0.1, 0.15) is 11.9 Å². The van der Waals surface area contributed by atoms with Crippen LogP contribution >= 0.6 is 11.3 Å². The molecule has 1 aromatic carbocycles. The highest BCUT2D eigenvalue weighted by molar-refractivity contribution is 7.10. The molecular weight excluding hydrogens is 300 g/mol. The van der Waals surface area contributed by atoms with Gasteiger partial charge < -0.3 is 9.15 Å². The van der Waals surface area contributed by atoms with Crippen molar-refractivity contribution in [2.24, 2.45) is 0 Å². The lowest BCUT2D eigenvalue weighted by Crippen LogP contribution is -2.03. The van der Waals surface area contributed by atoms with E-state index in [9.17, 15) is 4.79 Å². The number of aromatic nitrogens is 1. The fourth-order valence-corrected chi connectivity index (χ4v) is 2.84. The van der Waals surface area contributed by atoms with Crippen molar-refractivity contribution in [1.82, 2.24) is 4.98 Å². The Morgan fingerprint density at radius 1 is 1.41 bits per heavy atom. The van der Waals surface area contributed by atoms with Crippen LogP contribution in [0.4, 0.5) is 0 Å². The summed E-state index contributed by atoms with van der Waals surface area (Å²) in [4.78, 5) is 16.5. The zero-order chi connectivity index (χ0) is 15.5. The van der Waals surface area contributed by atoms with Crippen molar-refractivity contribution in [3.63, 3.8) is 0 Å². The van der Waals surface area contributed by atoms with E-state index in [2.05, 4.69) is 4.98 Å². The van der Waals surface area contributed by atoms with Gasteiger partial charge in [-0.25, -0.2) is 9.78 Å². The van der Waals surface area contributed by atoms with Crippen LogP contribution in [-0.2, 0) is 6.42 Å². The molecule has 0 amide bonds. The molecule has 0 aliphatic rings. The van der Waals surface area contributed by atoms with E-state index in [-0.39, 0.29) is 6.42 Å². The van der Waals surface area contributed by atoms with Gasteiger partial charge in [-0.2, -0.15) is 5.26 Å². The maximum absolute atomic E-state index is 12.2. The number of nitriles is 1. The summed E-state index contributed by atoms with van der Waals surface area (Å²) >= 11 is 1.36. The first-order valence-corrected chi connectivity index (χ1v) is 7.61. The molecule has 0 unspecified atom stereocenters. The van der Waals surface area contributed by atoms with Gasteiger partial charge in [0.15, 0.2) is 0 Å². The van der Waals surface area contributed by atoms with Gasteiger partial charge in [0.2, 0.25) is 0 Å². The second-order valence-electron chi connectivity index (χ2n) is 4.54. The smallest absolute Gasteiger partial charge is 0.345 e. The number of nitrogens with zero attached hydrogens (tertiary/aromatic N) is 2. The summed E-state index contributed by atoms with van der Waals surface area (Å²) in [6, 6.07) is 9.17. The van der Waals surface area contributed by atoms with Crippen LogP contribution in [0, 0.1) is 11.3 Å². The molecule has 0 fully saturated rings. The summed E-state index contributed by atoms with van der Waals surface area (Å²) < 4.78 is 10.8. The van der Waals surface area contributed by atoms with Crippen LogP contribution in [0.2, 0.25) is 0 Å². The molecule has 22 heavy (non-hydrogen) atoms. The molecule has 3 rings (SSSR count). The maximum atomic E-state index is 12.2. The Hall–Kier alpha value is -2.65. The molecule has 0 radical (unpaired) electrons. The lowest BCUT2D eigenvalue weighted by molar-refractivity contribution is 0.340. The summed E-state index contributed by atoms with van der Waals surface area (Å²) in [5, 5.41) is 11.9. The van der Waals surface area contributed by atoms with Gasteiger partial charge >= 0.3 is 5.63 Å². The molecule has 0 atom stereocenters. The standard InChI is InChI=1S/C16H12N2O3S/c1-2-20-11-4-3-10-7-12(16(19)21-14(10)8-11)13-9-22-15(18-13)5-6-17/h3-4,7-9H,2,5H2,1H3. The van der Waals surface area contributed by atoms with Gasteiger partial charge in [0.05, 0.1) is 30.4 Å². The van der Waals surface area contributed by atoms with E-state index in [0.29, 0.717) is 34.2 Å². The van der Waals surface area contributed by atoms with Crippen molar-refractivity contribution >= 4 is 22.3 Å². The van der Waals surface area contributed by atoms with Crippen molar-refractivity contribution in [3.8, 4) is 23.1 Å². The second-order valence-corrected chi connectivity index (χ2v) is 5.48. The molecule has 0 saturated carbocycles. The molecule has 0 spiro atoms. The highest BCUT2D eigenvalue weighted by atomic mass is 32.1. The lowest BCUT2D eigenvalue weighted by Gasteiger charge is -2.04. The summed E-state index contributed by atoms with van der Waals surface area (Å²) in [6.45, 7) is 2.44. The third kappa shape index (κ3) is 2.71. The maximum Gasteiger partial charge on any atom is 0.345 e. The third-order valence-corrected chi connectivity index (χ3v) is 3.93. The van der Waals surface area contributed by atoms with Gasteiger partial charge in [-0.15, -0.1) is 11.3 Å². The zero-order valence-corrected chi connectivity index (χ0v) is 12.6. The Bertz CT molecular complexity index is 921. The van der Waals surface area contributed by atoms with Crippen LogP contribution in [0.5, 0.6) is 5.75 Å². The SMILES string of the molecule is CCOc1ccc2cc(-c3csc(CC#N)n3)c(=O)oc2c1. The number of ether oxygens (including phenoxy) is 1. The number of rotatable bonds is 4. The molecule has 110 valence electrons. The van der Waals surface area contributed by atoms with Gasteiger partial charge in [-0.1, -0.05) is 0 Å². The topological polar surface area (TPSA) is 76.1 Å². The normalized spacial score (nSPS) is 10.5. The van der Waals surface area contributed by atoms with Gasteiger partial charge in [-0.05, 0) is 25.1 Å². The first kappa shape index (κ1) is 14.3. The van der Waals surface area contributed by atoms with Crippen molar-refractivity contribution < 1.29 is 9.15 Å². The third-order valence-electron chi connectivity index (χ3n) is 3.08. The Morgan fingerprint density at radius 3 is 3.05 bits per heavy atom. The van der Waals surface area contributed by atoms with E-state index >= 15 is 0 Å². The van der Waals surface area contributed by atoms with E-state index in [4.69, 9.17) is 14.4 Å². The minimum absolute atomic E-state index is 0.237.